The minimum atomic E-state index is 0. The molecule has 0 nitrogen and oxygen atoms in total. The summed E-state index contributed by atoms with van der Waals surface area (Å²) in [5.74, 6) is 0. The van der Waals surface area contributed by atoms with E-state index in [0.717, 1.165) is 0 Å². The van der Waals surface area contributed by atoms with Gasteiger partial charge in [-0.15, -0.1) is 35.7 Å². The van der Waals surface area contributed by atoms with E-state index in [4.69, 9.17) is 0 Å². The van der Waals surface area contributed by atoms with Gasteiger partial charge in [0.15, 0.2) is 0 Å². The number of hydrogen-bond donors (Lipinski definition) is 0. The summed E-state index contributed by atoms with van der Waals surface area (Å²) in [6.07, 6.45) is 0. The fraction of sp³-hybridized carbons (Fsp3) is 0. The molecule has 3 aromatic rings. The summed E-state index contributed by atoms with van der Waals surface area (Å²) in [6.45, 7) is 0. The van der Waals surface area contributed by atoms with Gasteiger partial charge in [0.05, 0.1) is 0 Å². The second-order valence-electron chi connectivity index (χ2n) is 4.17. The topological polar surface area (TPSA) is 0 Å². The Balaban J connectivity index is 0.000000902. The van der Waals surface area contributed by atoms with E-state index in [1.54, 1.807) is 0 Å². The van der Waals surface area contributed by atoms with Crippen molar-refractivity contribution in [3.05, 3.63) is 60.7 Å². The third-order valence-corrected chi connectivity index (χ3v) is 3.33. The van der Waals surface area contributed by atoms with Gasteiger partial charge in [0.25, 0.3) is 0 Å². The van der Waals surface area contributed by atoms with E-state index in [0.29, 0.717) is 0 Å². The van der Waals surface area contributed by atoms with Gasteiger partial charge >= 0.3 is 0 Å². The van der Waals surface area contributed by atoms with Crippen LogP contribution in [0, 0.1) is 6.07 Å². The largest absolute Gasteiger partial charge is 0.146 e. The zero-order chi connectivity index (χ0) is 10.5. The Kier molecular flexibility index (Phi) is 2.65. The Labute approximate surface area is 126 Å². The van der Waals surface area contributed by atoms with Crippen molar-refractivity contribution in [2.24, 2.45) is 0 Å². The van der Waals surface area contributed by atoms with Crippen molar-refractivity contribution in [1.82, 2.24) is 0 Å². The molecule has 0 amide bonds. The molecule has 0 N–H and O–H groups in total. The van der Waals surface area contributed by atoms with E-state index in [9.17, 15) is 0 Å². The van der Waals surface area contributed by atoms with Gasteiger partial charge in [-0.25, -0.2) is 0 Å². The van der Waals surface area contributed by atoms with Gasteiger partial charge in [0.2, 0.25) is 0 Å². The second-order valence-corrected chi connectivity index (χ2v) is 4.17. The van der Waals surface area contributed by atoms with Crippen molar-refractivity contribution in [2.75, 3.05) is 0 Å². The maximum Gasteiger partial charge on any atom is 0 e. The van der Waals surface area contributed by atoms with Crippen LogP contribution in [0.2, 0.25) is 0 Å². The first kappa shape index (κ1) is 11.1. The maximum absolute atomic E-state index is 3.31. The summed E-state index contributed by atoms with van der Waals surface area (Å²) >= 11 is 0. The Hall–Kier alpha value is -0.976. The molecule has 0 heterocycles. The minimum Gasteiger partial charge on any atom is -0.146 e. The van der Waals surface area contributed by atoms with Crippen molar-refractivity contribution in [3.63, 3.8) is 0 Å². The van der Waals surface area contributed by atoms with Crippen LogP contribution in [0.1, 0.15) is 0 Å². The Bertz CT molecular complexity index is 656. The van der Waals surface area contributed by atoms with Gasteiger partial charge in [-0.2, -0.15) is 0 Å². The normalized spacial score (nSPS) is 11.1. The minimum absolute atomic E-state index is 0. The molecule has 4 rings (SSSR count). The zero-order valence-electron chi connectivity index (χ0n) is 9.27. The van der Waals surface area contributed by atoms with Gasteiger partial charge in [-0.1, -0.05) is 46.8 Å². The third kappa shape index (κ3) is 1.44. The maximum atomic E-state index is 3.31. The first-order valence-electron chi connectivity index (χ1n) is 5.48. The summed E-state index contributed by atoms with van der Waals surface area (Å²) in [5, 5.41) is 2.57. The molecule has 0 fully saturated rings. The SMILES string of the molecule is [Y].[c-]1ccc2c3c(cccc13)-c1ccccc1-2. The van der Waals surface area contributed by atoms with Crippen LogP contribution in [0.4, 0.5) is 0 Å². The monoisotopic (exact) mass is 290 g/mol. The zero-order valence-corrected chi connectivity index (χ0v) is 12.1. The van der Waals surface area contributed by atoms with E-state index < -0.39 is 0 Å². The predicted octanol–water partition coefficient (Wildman–Crippen LogP) is 4.28. The fourth-order valence-electron chi connectivity index (χ4n) is 2.66. The molecule has 0 saturated carbocycles. The average Bonchev–Trinajstić information content (AvgIpc) is 2.68. The van der Waals surface area contributed by atoms with E-state index in [1.165, 1.54) is 33.0 Å². The second kappa shape index (κ2) is 4.05. The van der Waals surface area contributed by atoms with Crippen LogP contribution < -0.4 is 0 Å². The van der Waals surface area contributed by atoms with Crippen molar-refractivity contribution in [1.29, 1.82) is 0 Å². The molecular weight excluding hydrogens is 281 g/mol. The van der Waals surface area contributed by atoms with Gasteiger partial charge in [-0.3, -0.25) is 0 Å². The first-order chi connectivity index (χ1) is 7.95. The van der Waals surface area contributed by atoms with Crippen molar-refractivity contribution in [2.45, 2.75) is 0 Å². The standard InChI is InChI=1S/C16H9.Y/c1-2-8-13-12(7-1)14-9-3-5-11-6-4-10-15(13)16(11)14;/h1-5,7-10H;/q-1;. The molecule has 0 unspecified atom stereocenters. The number of rotatable bonds is 0. The molecule has 0 aliphatic heterocycles. The number of hydrogen-bond acceptors (Lipinski definition) is 0. The molecule has 0 atom stereocenters. The van der Waals surface area contributed by atoms with Crippen LogP contribution >= 0.6 is 0 Å². The van der Waals surface area contributed by atoms with Crippen LogP contribution in [0.15, 0.2) is 54.6 Å². The number of benzene rings is 3. The molecule has 17 heavy (non-hydrogen) atoms. The quantitative estimate of drug-likeness (QED) is 0.424. The fourth-order valence-corrected chi connectivity index (χ4v) is 2.66. The summed E-state index contributed by atoms with van der Waals surface area (Å²) in [5.41, 5.74) is 5.39. The van der Waals surface area contributed by atoms with Crippen molar-refractivity contribution < 1.29 is 32.7 Å². The van der Waals surface area contributed by atoms with Crippen LogP contribution in [-0.4, -0.2) is 0 Å². The van der Waals surface area contributed by atoms with Gasteiger partial charge in [0, 0.05) is 32.7 Å². The summed E-state index contributed by atoms with van der Waals surface area (Å²) in [4.78, 5) is 0. The first-order valence-corrected chi connectivity index (χ1v) is 5.48. The van der Waals surface area contributed by atoms with Crippen molar-refractivity contribution in [3.8, 4) is 22.3 Å². The molecule has 0 spiro atoms. The van der Waals surface area contributed by atoms with Gasteiger partial charge in [-0.05, 0) is 11.1 Å². The van der Waals surface area contributed by atoms with Gasteiger partial charge in [0.1, 0.15) is 0 Å². The predicted molar refractivity (Wildman–Crippen MR) is 67.2 cm³/mol. The molecule has 1 aliphatic carbocycles. The third-order valence-electron chi connectivity index (χ3n) is 3.33. The van der Waals surface area contributed by atoms with Crippen LogP contribution in [0.3, 0.4) is 0 Å². The molecule has 1 radical (unpaired) electrons. The molecule has 0 bridgehead atoms. The summed E-state index contributed by atoms with van der Waals surface area (Å²) in [6, 6.07) is 22.5. The summed E-state index contributed by atoms with van der Waals surface area (Å²) in [7, 11) is 0. The molecule has 0 saturated heterocycles. The molecule has 1 aliphatic rings. The average molecular weight is 290 g/mol. The number of fused-ring (bicyclic) bond motifs is 3. The molecule has 0 aromatic heterocycles. The molecule has 1 heteroatoms. The van der Waals surface area contributed by atoms with E-state index in [1.807, 2.05) is 6.07 Å². The Morgan fingerprint density at radius 2 is 1.29 bits per heavy atom. The van der Waals surface area contributed by atoms with E-state index in [2.05, 4.69) is 54.6 Å². The van der Waals surface area contributed by atoms with Gasteiger partial charge < -0.3 is 0 Å². The van der Waals surface area contributed by atoms with Crippen LogP contribution in [-0.2, 0) is 32.7 Å². The summed E-state index contributed by atoms with van der Waals surface area (Å²) < 4.78 is 0. The van der Waals surface area contributed by atoms with Crippen LogP contribution in [0.5, 0.6) is 0 Å². The molecule has 3 aromatic carbocycles. The molecule has 77 valence electrons. The molecular formula is C16H9Y-. The Morgan fingerprint density at radius 1 is 0.647 bits per heavy atom. The smallest absolute Gasteiger partial charge is 0 e. The van der Waals surface area contributed by atoms with E-state index in [-0.39, 0.29) is 32.7 Å². The van der Waals surface area contributed by atoms with Crippen molar-refractivity contribution >= 4 is 10.8 Å². The van der Waals surface area contributed by atoms with E-state index >= 15 is 0 Å². The van der Waals surface area contributed by atoms with Crippen LogP contribution in [0.25, 0.3) is 33.0 Å². The Morgan fingerprint density at radius 3 is 2.06 bits per heavy atom.